The molecule has 3 rings (SSSR count). The summed E-state index contributed by atoms with van der Waals surface area (Å²) in [5.41, 5.74) is 0.656. The van der Waals surface area contributed by atoms with E-state index in [2.05, 4.69) is 11.1 Å². The number of ether oxygens (including phenoxy) is 4. The third kappa shape index (κ3) is 7.57. The number of carbonyl (C=O) groups excluding carboxylic acids is 2. The van der Waals surface area contributed by atoms with Crippen LogP contribution in [0.15, 0.2) is 70.6 Å². The highest BCUT2D eigenvalue weighted by molar-refractivity contribution is 7.99. The van der Waals surface area contributed by atoms with Crippen molar-refractivity contribution in [3.63, 3.8) is 0 Å². The van der Waals surface area contributed by atoms with Gasteiger partial charge in [0.25, 0.3) is 0 Å². The molecule has 0 fully saturated rings. The highest BCUT2D eigenvalue weighted by Gasteiger charge is 2.54. The van der Waals surface area contributed by atoms with E-state index in [0.717, 1.165) is 26.7 Å². The Morgan fingerprint density at radius 3 is 2.00 bits per heavy atom. The van der Waals surface area contributed by atoms with Gasteiger partial charge in [-0.3, -0.25) is 0 Å². The van der Waals surface area contributed by atoms with Gasteiger partial charge < -0.3 is 18.9 Å². The van der Waals surface area contributed by atoms with Crippen LogP contribution in [0.3, 0.4) is 0 Å². The fourth-order valence-corrected chi connectivity index (χ4v) is 5.12. The Kier molecular flexibility index (Phi) is 11.3. The monoisotopic (exact) mass is 592 g/mol. The highest BCUT2D eigenvalue weighted by atomic mass is 35.5. The average Bonchev–Trinajstić information content (AvgIpc) is 2.93. The third-order valence-electron chi connectivity index (χ3n) is 5.79. The van der Waals surface area contributed by atoms with Gasteiger partial charge in [0.15, 0.2) is 0 Å². The van der Waals surface area contributed by atoms with Crippen LogP contribution in [0, 0.1) is 0 Å². The van der Waals surface area contributed by atoms with Gasteiger partial charge in [0, 0.05) is 34.9 Å². The normalized spacial score (nSPS) is 11.3. The molecule has 0 aliphatic rings. The maximum absolute atomic E-state index is 12.8. The molecule has 39 heavy (non-hydrogen) atoms. The van der Waals surface area contributed by atoms with Gasteiger partial charge in [0.05, 0.1) is 27.4 Å². The molecule has 0 saturated carbocycles. The zero-order valence-electron chi connectivity index (χ0n) is 22.1. The van der Waals surface area contributed by atoms with Gasteiger partial charge in [-0.05, 0) is 84.4 Å². The summed E-state index contributed by atoms with van der Waals surface area (Å²) < 4.78 is 21.5. The van der Waals surface area contributed by atoms with Crippen molar-refractivity contribution in [3.8, 4) is 11.6 Å². The molecule has 0 aliphatic carbocycles. The Morgan fingerprint density at radius 2 is 1.49 bits per heavy atom. The van der Waals surface area contributed by atoms with Crippen molar-refractivity contribution >= 4 is 47.3 Å². The Morgan fingerprint density at radius 1 is 0.872 bits per heavy atom. The van der Waals surface area contributed by atoms with Crippen LogP contribution < -0.4 is 9.47 Å². The van der Waals surface area contributed by atoms with Crippen LogP contribution in [-0.4, -0.2) is 53.8 Å². The Labute approximate surface area is 242 Å². The first-order valence-corrected chi connectivity index (χ1v) is 13.7. The van der Waals surface area contributed by atoms with Crippen LogP contribution >= 0.6 is 35.3 Å². The van der Waals surface area contributed by atoms with Gasteiger partial charge in [-0.25, -0.2) is 14.6 Å². The van der Waals surface area contributed by atoms with E-state index in [9.17, 15) is 9.59 Å². The number of methoxy groups -OCH3 is 2. The molecular weight excluding hydrogens is 563 g/mol. The van der Waals surface area contributed by atoms with Crippen LogP contribution in [0.2, 0.25) is 0 Å². The summed E-state index contributed by atoms with van der Waals surface area (Å²) in [7, 11) is 3.23. The lowest BCUT2D eigenvalue weighted by molar-refractivity contribution is -0.168. The summed E-state index contributed by atoms with van der Waals surface area (Å²) in [6.07, 6.45) is 2.29. The van der Waals surface area contributed by atoms with Crippen LogP contribution in [0.4, 0.5) is 0 Å². The molecule has 0 radical (unpaired) electrons. The quantitative estimate of drug-likeness (QED) is 0.137. The fraction of sp³-hybridized carbons (Fsp3) is 0.321. The summed E-state index contributed by atoms with van der Waals surface area (Å²) in [5.74, 6) is -0.425. The van der Waals surface area contributed by atoms with Gasteiger partial charge >= 0.3 is 11.9 Å². The van der Waals surface area contributed by atoms with Crippen molar-refractivity contribution in [2.75, 3.05) is 27.4 Å². The van der Waals surface area contributed by atoms with E-state index in [1.807, 2.05) is 36.4 Å². The van der Waals surface area contributed by atoms with Crippen LogP contribution in [0.1, 0.15) is 30.5 Å². The van der Waals surface area contributed by atoms with Crippen molar-refractivity contribution in [1.82, 2.24) is 8.92 Å². The topological polar surface area (TPSA) is 87.2 Å². The zero-order valence-corrected chi connectivity index (χ0v) is 24.4. The molecule has 0 unspecified atom stereocenters. The Balaban J connectivity index is 1.81. The molecule has 0 bridgehead atoms. The zero-order chi connectivity index (χ0) is 28.4. The molecule has 8 nitrogen and oxygen atoms in total. The molecule has 1 heterocycles. The van der Waals surface area contributed by atoms with E-state index >= 15 is 0 Å². The minimum atomic E-state index is -2.04. The molecule has 2 aromatic carbocycles. The molecule has 0 N–H and O–H groups in total. The second-order valence-electron chi connectivity index (χ2n) is 8.32. The third-order valence-corrected chi connectivity index (χ3v) is 7.36. The summed E-state index contributed by atoms with van der Waals surface area (Å²) in [6, 6.07) is 17.2. The number of hydrogen-bond acceptors (Lipinski definition) is 9. The van der Waals surface area contributed by atoms with Gasteiger partial charge in [0.2, 0.25) is 11.4 Å². The Bertz CT molecular complexity index is 1240. The van der Waals surface area contributed by atoms with Gasteiger partial charge in [-0.1, -0.05) is 30.0 Å². The maximum atomic E-state index is 12.8. The number of aromatic nitrogens is 1. The smallest absolute Gasteiger partial charge is 0.341 e. The first-order chi connectivity index (χ1) is 18.8. The molecule has 208 valence electrons. The van der Waals surface area contributed by atoms with Crippen molar-refractivity contribution in [2.45, 2.75) is 42.0 Å². The number of pyridine rings is 1. The minimum Gasteiger partial charge on any atom is -0.496 e. The molecule has 0 aliphatic heterocycles. The second kappa shape index (κ2) is 14.4. The van der Waals surface area contributed by atoms with Crippen LogP contribution in [0.5, 0.6) is 11.6 Å². The summed E-state index contributed by atoms with van der Waals surface area (Å²) in [4.78, 5) is 31.9. The van der Waals surface area contributed by atoms with Crippen LogP contribution in [0.25, 0.3) is 0 Å². The summed E-state index contributed by atoms with van der Waals surface area (Å²) >= 11 is 13.6. The first kappa shape index (κ1) is 30.6. The van der Waals surface area contributed by atoms with E-state index < -0.39 is 17.5 Å². The lowest BCUT2D eigenvalue weighted by atomic mass is 9.91. The molecule has 1 aromatic heterocycles. The Hall–Kier alpha value is -2.98. The largest absolute Gasteiger partial charge is 0.496 e. The minimum absolute atomic E-state index is 0.0516. The highest BCUT2D eigenvalue weighted by Crippen LogP contribution is 2.34. The standard InChI is InChI=1S/C28H30Cl2N2O6S/c1-5-37-26(33)28(32(29)30,27(34)38-6-2)17-19-7-10-22(11-8-19)39-23-12-13-24(35-3)21(16-23)15-20-9-14-25(36-4)31-18-20/h7-14,16,18H,5-6,15,17H2,1-4H3. The molecule has 3 aromatic rings. The molecule has 11 heteroatoms. The van der Waals surface area contributed by atoms with Crippen molar-refractivity contribution < 1.29 is 28.5 Å². The first-order valence-electron chi connectivity index (χ1n) is 12.2. The van der Waals surface area contributed by atoms with E-state index in [1.54, 1.807) is 58.2 Å². The van der Waals surface area contributed by atoms with Gasteiger partial charge in [-0.2, -0.15) is 0 Å². The summed E-state index contributed by atoms with van der Waals surface area (Å²) in [6.45, 7) is 3.36. The molecule has 0 saturated heterocycles. The average molecular weight is 594 g/mol. The van der Waals surface area contributed by atoms with Gasteiger partial charge in [0.1, 0.15) is 5.75 Å². The maximum Gasteiger partial charge on any atom is 0.341 e. The number of benzene rings is 2. The predicted octanol–water partition coefficient (Wildman–Crippen LogP) is 5.86. The number of carbonyl (C=O) groups is 2. The molecule has 0 amide bonds. The van der Waals surface area contributed by atoms with E-state index in [0.29, 0.717) is 21.8 Å². The number of rotatable bonds is 13. The van der Waals surface area contributed by atoms with Crippen molar-refractivity contribution in [2.24, 2.45) is 0 Å². The van der Waals surface area contributed by atoms with E-state index in [1.165, 1.54) is 0 Å². The molecule has 0 atom stereocenters. The van der Waals surface area contributed by atoms with E-state index in [-0.39, 0.29) is 19.6 Å². The van der Waals surface area contributed by atoms with E-state index in [4.69, 9.17) is 42.5 Å². The lowest BCUT2D eigenvalue weighted by Crippen LogP contribution is -2.57. The number of nitrogens with zero attached hydrogens (tertiary/aromatic N) is 2. The number of halogens is 2. The second-order valence-corrected chi connectivity index (χ2v) is 10.3. The molecular formula is C28H30Cl2N2O6S. The van der Waals surface area contributed by atoms with Gasteiger partial charge in [-0.15, -0.1) is 3.94 Å². The van der Waals surface area contributed by atoms with Crippen molar-refractivity contribution in [1.29, 1.82) is 0 Å². The lowest BCUT2D eigenvalue weighted by Gasteiger charge is -2.31. The van der Waals surface area contributed by atoms with Crippen LogP contribution in [-0.2, 0) is 31.9 Å². The van der Waals surface area contributed by atoms with Crippen molar-refractivity contribution in [3.05, 3.63) is 77.5 Å². The number of hydrogen-bond donors (Lipinski definition) is 0. The SMILES string of the molecule is CCOC(=O)C(Cc1ccc(Sc2ccc(OC)c(Cc3ccc(OC)nc3)c2)cc1)(C(=O)OCC)N(Cl)Cl. The fourth-order valence-electron chi connectivity index (χ4n) is 3.85. The molecule has 0 spiro atoms. The predicted molar refractivity (Wildman–Crippen MR) is 150 cm³/mol. The summed E-state index contributed by atoms with van der Waals surface area (Å²) in [5, 5.41) is 0. The number of esters is 2.